The molecule has 0 fully saturated rings. The largest absolute Gasteiger partial charge is 0.469 e. The van der Waals surface area contributed by atoms with Crippen molar-refractivity contribution in [3.8, 4) is 0 Å². The highest BCUT2D eigenvalue weighted by atomic mass is 32.2. The van der Waals surface area contributed by atoms with Crippen molar-refractivity contribution in [1.82, 2.24) is 0 Å². The van der Waals surface area contributed by atoms with Crippen LogP contribution in [-0.2, 0) is 19.0 Å². The molecule has 96 valence electrons. The standard InChI is InChI=1S/C11H22O4S/c1-10(9-11(12)14-3)16-8-4-5-15-7-6-13-2/h10H,4-9H2,1-3H3. The summed E-state index contributed by atoms with van der Waals surface area (Å²) in [6, 6.07) is 0. The average molecular weight is 250 g/mol. The van der Waals surface area contributed by atoms with Gasteiger partial charge >= 0.3 is 5.97 Å². The monoisotopic (exact) mass is 250 g/mol. The minimum absolute atomic E-state index is 0.142. The van der Waals surface area contributed by atoms with E-state index in [1.165, 1.54) is 7.11 Å². The first kappa shape index (κ1) is 15.7. The molecule has 0 rings (SSSR count). The summed E-state index contributed by atoms with van der Waals surface area (Å²) in [7, 11) is 3.08. The van der Waals surface area contributed by atoms with Gasteiger partial charge in [0.2, 0.25) is 0 Å². The Morgan fingerprint density at radius 3 is 2.62 bits per heavy atom. The van der Waals surface area contributed by atoms with Gasteiger partial charge < -0.3 is 14.2 Å². The van der Waals surface area contributed by atoms with Crippen molar-refractivity contribution < 1.29 is 19.0 Å². The highest BCUT2D eigenvalue weighted by Crippen LogP contribution is 2.15. The summed E-state index contributed by atoms with van der Waals surface area (Å²) in [4.78, 5) is 11.0. The van der Waals surface area contributed by atoms with Crippen molar-refractivity contribution in [2.24, 2.45) is 0 Å². The van der Waals surface area contributed by atoms with Crippen LogP contribution in [0.3, 0.4) is 0 Å². The molecule has 0 bridgehead atoms. The summed E-state index contributed by atoms with van der Waals surface area (Å²) < 4.78 is 14.8. The Labute approximate surface area is 102 Å². The molecule has 5 heteroatoms. The molecule has 1 unspecified atom stereocenters. The van der Waals surface area contributed by atoms with Crippen LogP contribution in [0.15, 0.2) is 0 Å². The molecule has 0 heterocycles. The first-order valence-electron chi connectivity index (χ1n) is 5.45. The average Bonchev–Trinajstić information content (AvgIpc) is 2.27. The molecule has 1 atom stereocenters. The molecule has 0 aromatic rings. The molecule has 0 aliphatic heterocycles. The molecule has 0 radical (unpaired) electrons. The van der Waals surface area contributed by atoms with Gasteiger partial charge in [-0.3, -0.25) is 4.79 Å². The molecular weight excluding hydrogens is 228 g/mol. The van der Waals surface area contributed by atoms with Crippen LogP contribution < -0.4 is 0 Å². The van der Waals surface area contributed by atoms with Gasteiger partial charge in [-0.1, -0.05) is 6.92 Å². The van der Waals surface area contributed by atoms with Gasteiger partial charge in [0.05, 0.1) is 26.7 Å². The van der Waals surface area contributed by atoms with Gasteiger partial charge in [-0.15, -0.1) is 0 Å². The molecule has 0 saturated carbocycles. The van der Waals surface area contributed by atoms with Crippen LogP contribution in [-0.4, -0.2) is 51.0 Å². The van der Waals surface area contributed by atoms with Crippen LogP contribution in [0.5, 0.6) is 0 Å². The molecule has 0 aromatic heterocycles. The SMILES string of the molecule is COCCOCCCSC(C)CC(=O)OC. The Balaban J connectivity index is 3.21. The fourth-order valence-corrected chi connectivity index (χ4v) is 2.01. The topological polar surface area (TPSA) is 44.8 Å². The molecule has 0 saturated heterocycles. The van der Waals surface area contributed by atoms with Crippen LogP contribution in [0.4, 0.5) is 0 Å². The van der Waals surface area contributed by atoms with Gasteiger partial charge in [0.15, 0.2) is 0 Å². The number of ether oxygens (including phenoxy) is 3. The second-order valence-electron chi connectivity index (χ2n) is 3.42. The summed E-state index contributed by atoms with van der Waals surface area (Å²) in [6.07, 6.45) is 1.48. The highest BCUT2D eigenvalue weighted by molar-refractivity contribution is 7.99. The number of carbonyl (C=O) groups excluding carboxylic acids is 1. The third kappa shape index (κ3) is 10.3. The Bertz CT molecular complexity index is 175. The first-order chi connectivity index (χ1) is 7.70. The smallest absolute Gasteiger partial charge is 0.306 e. The van der Waals surface area contributed by atoms with Crippen molar-refractivity contribution in [3.63, 3.8) is 0 Å². The second-order valence-corrected chi connectivity index (χ2v) is 4.97. The van der Waals surface area contributed by atoms with Gasteiger partial charge in [0.25, 0.3) is 0 Å². The second kappa shape index (κ2) is 11.2. The van der Waals surface area contributed by atoms with Gasteiger partial charge in [0, 0.05) is 19.0 Å². The summed E-state index contributed by atoms with van der Waals surface area (Å²) in [5.41, 5.74) is 0. The third-order valence-corrected chi connectivity index (χ3v) is 3.21. The van der Waals surface area contributed by atoms with E-state index in [2.05, 4.69) is 4.74 Å². The predicted molar refractivity (Wildman–Crippen MR) is 65.9 cm³/mol. The van der Waals surface area contributed by atoms with E-state index in [1.54, 1.807) is 18.9 Å². The maximum Gasteiger partial charge on any atom is 0.306 e. The van der Waals surface area contributed by atoms with E-state index >= 15 is 0 Å². The van der Waals surface area contributed by atoms with Gasteiger partial charge in [0.1, 0.15) is 0 Å². The van der Waals surface area contributed by atoms with E-state index in [4.69, 9.17) is 9.47 Å². The summed E-state index contributed by atoms with van der Waals surface area (Å²) in [5.74, 6) is 0.863. The number of esters is 1. The number of hydrogen-bond donors (Lipinski definition) is 0. The Morgan fingerprint density at radius 1 is 1.25 bits per heavy atom. The van der Waals surface area contributed by atoms with Crippen LogP contribution in [0.25, 0.3) is 0 Å². The molecule has 0 aliphatic carbocycles. The molecule has 0 N–H and O–H groups in total. The Morgan fingerprint density at radius 2 is 2.00 bits per heavy atom. The number of rotatable bonds is 10. The fraction of sp³-hybridized carbons (Fsp3) is 0.909. The molecule has 0 spiro atoms. The normalized spacial score (nSPS) is 12.4. The lowest BCUT2D eigenvalue weighted by molar-refractivity contribution is -0.140. The molecule has 4 nitrogen and oxygen atoms in total. The van der Waals surface area contributed by atoms with Crippen LogP contribution >= 0.6 is 11.8 Å². The van der Waals surface area contributed by atoms with Crippen molar-refractivity contribution in [1.29, 1.82) is 0 Å². The van der Waals surface area contributed by atoms with Crippen LogP contribution in [0.2, 0.25) is 0 Å². The maximum absolute atomic E-state index is 11.0. The zero-order valence-electron chi connectivity index (χ0n) is 10.4. The number of methoxy groups -OCH3 is 2. The van der Waals surface area contributed by atoms with Gasteiger partial charge in [-0.05, 0) is 12.2 Å². The van der Waals surface area contributed by atoms with Crippen molar-refractivity contribution in [2.45, 2.75) is 25.0 Å². The van der Waals surface area contributed by atoms with E-state index in [1.807, 2.05) is 6.92 Å². The van der Waals surface area contributed by atoms with E-state index in [0.29, 0.717) is 24.9 Å². The zero-order chi connectivity index (χ0) is 12.2. The molecule has 0 amide bonds. The van der Waals surface area contributed by atoms with Crippen molar-refractivity contribution in [2.75, 3.05) is 39.8 Å². The lowest BCUT2D eigenvalue weighted by atomic mass is 10.3. The Kier molecular flexibility index (Phi) is 11.0. The minimum Gasteiger partial charge on any atom is -0.469 e. The highest BCUT2D eigenvalue weighted by Gasteiger charge is 2.08. The lowest BCUT2D eigenvalue weighted by Gasteiger charge is -2.09. The zero-order valence-corrected chi connectivity index (χ0v) is 11.2. The number of thioether (sulfide) groups is 1. The van der Waals surface area contributed by atoms with Gasteiger partial charge in [-0.25, -0.2) is 0 Å². The van der Waals surface area contributed by atoms with E-state index in [9.17, 15) is 4.79 Å². The predicted octanol–water partition coefficient (Wildman–Crippen LogP) is 1.72. The molecule has 0 aromatic carbocycles. The number of hydrogen-bond acceptors (Lipinski definition) is 5. The molecule has 0 aliphatic rings. The van der Waals surface area contributed by atoms with Crippen molar-refractivity contribution in [3.05, 3.63) is 0 Å². The summed E-state index contributed by atoms with van der Waals surface area (Å²) in [5, 5.41) is 0.312. The summed E-state index contributed by atoms with van der Waals surface area (Å²) >= 11 is 1.77. The number of carbonyl (C=O) groups is 1. The summed E-state index contributed by atoms with van der Waals surface area (Å²) in [6.45, 7) is 4.08. The molecule has 16 heavy (non-hydrogen) atoms. The van der Waals surface area contributed by atoms with E-state index in [0.717, 1.165) is 18.8 Å². The maximum atomic E-state index is 11.0. The van der Waals surface area contributed by atoms with E-state index in [-0.39, 0.29) is 5.97 Å². The van der Waals surface area contributed by atoms with Crippen LogP contribution in [0.1, 0.15) is 19.8 Å². The first-order valence-corrected chi connectivity index (χ1v) is 6.50. The lowest BCUT2D eigenvalue weighted by Crippen LogP contribution is -2.09. The van der Waals surface area contributed by atoms with E-state index < -0.39 is 0 Å². The fourth-order valence-electron chi connectivity index (χ4n) is 1.07. The molecular formula is C11H22O4S. The minimum atomic E-state index is -0.142. The third-order valence-electron chi connectivity index (χ3n) is 1.95. The van der Waals surface area contributed by atoms with Crippen molar-refractivity contribution >= 4 is 17.7 Å². The Hall–Kier alpha value is -0.260. The van der Waals surface area contributed by atoms with Crippen LogP contribution in [0, 0.1) is 0 Å². The van der Waals surface area contributed by atoms with Gasteiger partial charge in [-0.2, -0.15) is 11.8 Å². The quantitative estimate of drug-likeness (QED) is 0.436.